The number of hydrogen-bond acceptors (Lipinski definition) is 7. The molecule has 9 heteroatoms. The fourth-order valence-electron chi connectivity index (χ4n) is 3.61. The van der Waals surface area contributed by atoms with Crippen molar-refractivity contribution in [3.8, 4) is 10.6 Å². The zero-order chi connectivity index (χ0) is 22.0. The van der Waals surface area contributed by atoms with Crippen molar-refractivity contribution in [2.75, 3.05) is 37.4 Å². The summed E-state index contributed by atoms with van der Waals surface area (Å²) in [6.45, 7) is 2.02. The predicted molar refractivity (Wildman–Crippen MR) is 123 cm³/mol. The van der Waals surface area contributed by atoms with Crippen LogP contribution in [0.15, 0.2) is 53.9 Å². The molecule has 1 amide bonds. The van der Waals surface area contributed by atoms with Gasteiger partial charge >= 0.3 is 0 Å². The lowest BCUT2D eigenvalue weighted by atomic mass is 10.2. The fourth-order valence-corrected chi connectivity index (χ4v) is 4.41. The fraction of sp³-hybridized carbons (Fsp3) is 0.273. The van der Waals surface area contributed by atoms with Crippen molar-refractivity contribution in [3.05, 3.63) is 69.7 Å². The van der Waals surface area contributed by atoms with E-state index >= 15 is 0 Å². The number of amides is 1. The molecule has 1 aromatic heterocycles. The molecule has 1 unspecified atom stereocenters. The average molecular weight is 438 g/mol. The van der Waals surface area contributed by atoms with Crippen LogP contribution < -0.4 is 10.2 Å². The van der Waals surface area contributed by atoms with E-state index < -0.39 is 4.92 Å². The molecule has 8 nitrogen and oxygen atoms in total. The first-order valence-electron chi connectivity index (χ1n) is 9.94. The number of anilines is 2. The van der Waals surface area contributed by atoms with E-state index in [0.717, 1.165) is 25.2 Å². The monoisotopic (exact) mass is 437 g/mol. The van der Waals surface area contributed by atoms with E-state index in [1.807, 2.05) is 24.3 Å². The summed E-state index contributed by atoms with van der Waals surface area (Å²) in [5.41, 5.74) is 2.73. The maximum Gasteiger partial charge on any atom is 0.275 e. The van der Waals surface area contributed by atoms with E-state index in [0.29, 0.717) is 22.3 Å². The molecule has 1 fully saturated rings. The molecule has 1 N–H and O–H groups in total. The van der Waals surface area contributed by atoms with Crippen LogP contribution in [-0.4, -0.2) is 53.9 Å². The maximum absolute atomic E-state index is 12.6. The highest BCUT2D eigenvalue weighted by Crippen LogP contribution is 2.28. The Balaban J connectivity index is 1.41. The lowest BCUT2D eigenvalue weighted by Crippen LogP contribution is -2.31. The summed E-state index contributed by atoms with van der Waals surface area (Å²) in [5.74, 6) is -0.311. The molecule has 3 aromatic rings. The number of thiazole rings is 1. The zero-order valence-corrected chi connectivity index (χ0v) is 18.1. The molecular formula is C22H23N5O3S. The van der Waals surface area contributed by atoms with Crippen molar-refractivity contribution in [2.24, 2.45) is 0 Å². The molecule has 1 aliphatic rings. The SMILES string of the molecule is CN(C)C1CCN(c2ccc(NC(=O)c3csc(-c4cccc([N+](=O)[O-])c4)n3)cc2)C1. The summed E-state index contributed by atoms with van der Waals surface area (Å²) in [5, 5.41) is 16.1. The first-order chi connectivity index (χ1) is 14.9. The van der Waals surface area contributed by atoms with Crippen LogP contribution in [0, 0.1) is 10.1 Å². The molecule has 0 spiro atoms. The third kappa shape index (κ3) is 4.73. The number of nitro groups is 1. The van der Waals surface area contributed by atoms with E-state index in [9.17, 15) is 14.9 Å². The van der Waals surface area contributed by atoms with E-state index in [1.165, 1.54) is 23.5 Å². The number of hydrogen-bond donors (Lipinski definition) is 1. The first-order valence-corrected chi connectivity index (χ1v) is 10.8. The number of benzene rings is 2. The zero-order valence-electron chi connectivity index (χ0n) is 17.3. The lowest BCUT2D eigenvalue weighted by molar-refractivity contribution is -0.384. The van der Waals surface area contributed by atoms with Gasteiger partial charge in [0.05, 0.1) is 4.92 Å². The van der Waals surface area contributed by atoms with Crippen LogP contribution in [0.25, 0.3) is 10.6 Å². The number of nitrogens with one attached hydrogen (secondary N) is 1. The van der Waals surface area contributed by atoms with Gasteiger partial charge in [-0.25, -0.2) is 4.98 Å². The molecule has 1 aliphatic heterocycles. The molecule has 0 saturated carbocycles. The molecule has 4 rings (SSSR count). The highest BCUT2D eigenvalue weighted by atomic mass is 32.1. The topological polar surface area (TPSA) is 91.6 Å². The number of likely N-dealkylation sites (N-methyl/N-ethyl adjacent to an activating group) is 1. The van der Waals surface area contributed by atoms with Gasteiger partial charge in [0.25, 0.3) is 11.6 Å². The van der Waals surface area contributed by atoms with Gasteiger partial charge in [-0.05, 0) is 44.8 Å². The van der Waals surface area contributed by atoms with Crippen LogP contribution in [-0.2, 0) is 0 Å². The molecular weight excluding hydrogens is 414 g/mol. The molecule has 2 aromatic carbocycles. The summed E-state index contributed by atoms with van der Waals surface area (Å²) >= 11 is 1.28. The van der Waals surface area contributed by atoms with Crippen LogP contribution >= 0.6 is 11.3 Å². The van der Waals surface area contributed by atoms with Crippen LogP contribution in [0.4, 0.5) is 17.1 Å². The van der Waals surface area contributed by atoms with E-state index in [4.69, 9.17) is 0 Å². The van der Waals surface area contributed by atoms with Gasteiger partial charge in [0.15, 0.2) is 0 Å². The molecule has 2 heterocycles. The average Bonchev–Trinajstić information content (AvgIpc) is 3.45. The van der Waals surface area contributed by atoms with Crippen molar-refractivity contribution in [1.82, 2.24) is 9.88 Å². The Kier molecular flexibility index (Phi) is 5.97. The largest absolute Gasteiger partial charge is 0.370 e. The normalized spacial score (nSPS) is 16.0. The minimum atomic E-state index is -0.447. The van der Waals surface area contributed by atoms with Crippen molar-refractivity contribution < 1.29 is 9.72 Å². The van der Waals surface area contributed by atoms with Gasteiger partial charge in [-0.2, -0.15) is 0 Å². The summed E-state index contributed by atoms with van der Waals surface area (Å²) < 4.78 is 0. The van der Waals surface area contributed by atoms with Crippen molar-refractivity contribution in [3.63, 3.8) is 0 Å². The first kappa shape index (κ1) is 21.0. The molecule has 0 radical (unpaired) electrons. The molecule has 0 bridgehead atoms. The summed E-state index contributed by atoms with van der Waals surface area (Å²) in [6.07, 6.45) is 1.14. The second-order valence-electron chi connectivity index (χ2n) is 7.70. The molecule has 0 aliphatic carbocycles. The highest BCUT2D eigenvalue weighted by molar-refractivity contribution is 7.13. The maximum atomic E-state index is 12.6. The van der Waals surface area contributed by atoms with Crippen molar-refractivity contribution >= 4 is 34.3 Å². The Labute approximate surface area is 184 Å². The van der Waals surface area contributed by atoms with Crippen LogP contribution in [0.5, 0.6) is 0 Å². The standard InChI is InChI=1S/C22H23N5O3S/c1-25(2)19-10-11-26(13-19)17-8-6-16(7-9-17)23-21(28)20-14-31-22(24-20)15-4-3-5-18(12-15)27(29)30/h3-9,12,14,19H,10-11,13H2,1-2H3,(H,23,28). The summed E-state index contributed by atoms with van der Waals surface area (Å²) in [7, 11) is 4.21. The lowest BCUT2D eigenvalue weighted by Gasteiger charge is -2.22. The summed E-state index contributed by atoms with van der Waals surface area (Å²) in [4.78, 5) is 32.1. The van der Waals surface area contributed by atoms with Gasteiger partial charge in [-0.1, -0.05) is 12.1 Å². The number of nitro benzene ring substituents is 1. The summed E-state index contributed by atoms with van der Waals surface area (Å²) in [6, 6.07) is 14.6. The van der Waals surface area contributed by atoms with Crippen LogP contribution in [0.3, 0.4) is 0 Å². The second-order valence-corrected chi connectivity index (χ2v) is 8.56. The van der Waals surface area contributed by atoms with E-state index in [2.05, 4.69) is 34.2 Å². The van der Waals surface area contributed by atoms with Gasteiger partial charge in [0, 0.05) is 53.6 Å². The number of non-ortho nitro benzene ring substituents is 1. The third-order valence-electron chi connectivity index (χ3n) is 5.42. The Morgan fingerprint density at radius 1 is 1.26 bits per heavy atom. The van der Waals surface area contributed by atoms with Crippen molar-refractivity contribution in [2.45, 2.75) is 12.5 Å². The minimum absolute atomic E-state index is 0.00584. The van der Waals surface area contributed by atoms with E-state index in [-0.39, 0.29) is 17.3 Å². The molecule has 1 saturated heterocycles. The Morgan fingerprint density at radius 2 is 2.03 bits per heavy atom. The van der Waals surface area contributed by atoms with Gasteiger partial charge in [0.1, 0.15) is 10.7 Å². The number of carbonyl (C=O) groups is 1. The second kappa shape index (κ2) is 8.83. The minimum Gasteiger partial charge on any atom is -0.370 e. The Hall–Kier alpha value is -3.30. The predicted octanol–water partition coefficient (Wildman–Crippen LogP) is 4.11. The highest BCUT2D eigenvalue weighted by Gasteiger charge is 2.24. The molecule has 160 valence electrons. The number of rotatable bonds is 6. The molecule has 31 heavy (non-hydrogen) atoms. The Morgan fingerprint density at radius 3 is 2.71 bits per heavy atom. The number of carbonyl (C=O) groups excluding carboxylic acids is 1. The van der Waals surface area contributed by atoms with Crippen LogP contribution in [0.2, 0.25) is 0 Å². The number of aromatic nitrogens is 1. The van der Waals surface area contributed by atoms with Crippen molar-refractivity contribution in [1.29, 1.82) is 0 Å². The van der Waals surface area contributed by atoms with Gasteiger partial charge in [-0.15, -0.1) is 11.3 Å². The smallest absolute Gasteiger partial charge is 0.275 e. The van der Waals surface area contributed by atoms with Gasteiger partial charge in [-0.3, -0.25) is 14.9 Å². The number of nitrogens with zero attached hydrogens (tertiary/aromatic N) is 4. The third-order valence-corrected chi connectivity index (χ3v) is 6.32. The Bertz CT molecular complexity index is 1100. The van der Waals surface area contributed by atoms with E-state index in [1.54, 1.807) is 17.5 Å². The van der Waals surface area contributed by atoms with Gasteiger partial charge < -0.3 is 15.1 Å². The quantitative estimate of drug-likeness (QED) is 0.461. The van der Waals surface area contributed by atoms with Gasteiger partial charge in [0.2, 0.25) is 0 Å². The molecule has 1 atom stereocenters. The van der Waals surface area contributed by atoms with Crippen LogP contribution in [0.1, 0.15) is 16.9 Å².